The van der Waals surface area contributed by atoms with E-state index in [2.05, 4.69) is 25.1 Å². The third kappa shape index (κ3) is 1.81. The molecule has 6 heteroatoms. The molecule has 0 saturated heterocycles. The molecule has 1 aliphatic rings. The zero-order valence-corrected chi connectivity index (χ0v) is 10.2. The number of rotatable bonds is 2. The average Bonchev–Trinajstić information content (AvgIpc) is 3.00. The SMILES string of the molecule is Cc1ncc(C)n2nc(C=CC3=NCC=N3)nc12. The molecule has 0 radical (unpaired) electrons. The van der Waals surface area contributed by atoms with Crippen molar-refractivity contribution in [3.8, 4) is 0 Å². The minimum atomic E-state index is 0.638. The van der Waals surface area contributed by atoms with E-state index in [1.54, 1.807) is 16.9 Å². The maximum atomic E-state index is 4.43. The number of aromatic nitrogens is 4. The molecular formula is C12H12N6. The Morgan fingerprint density at radius 3 is 2.89 bits per heavy atom. The summed E-state index contributed by atoms with van der Waals surface area (Å²) < 4.78 is 1.79. The summed E-state index contributed by atoms with van der Waals surface area (Å²) in [7, 11) is 0. The molecule has 2 aromatic rings. The Kier molecular flexibility index (Phi) is 2.47. The molecule has 3 rings (SSSR count). The summed E-state index contributed by atoms with van der Waals surface area (Å²) in [5, 5.41) is 4.41. The maximum Gasteiger partial charge on any atom is 0.177 e. The predicted molar refractivity (Wildman–Crippen MR) is 70.1 cm³/mol. The molecule has 90 valence electrons. The van der Waals surface area contributed by atoms with Gasteiger partial charge in [0.25, 0.3) is 0 Å². The molecule has 2 aromatic heterocycles. The molecule has 18 heavy (non-hydrogen) atoms. The van der Waals surface area contributed by atoms with Gasteiger partial charge in [-0.3, -0.25) is 9.98 Å². The highest BCUT2D eigenvalue weighted by Gasteiger charge is 2.07. The molecule has 0 N–H and O–H groups in total. The van der Waals surface area contributed by atoms with E-state index in [0.717, 1.165) is 17.0 Å². The number of nitrogens with zero attached hydrogens (tertiary/aromatic N) is 6. The number of hydrogen-bond donors (Lipinski definition) is 0. The van der Waals surface area contributed by atoms with Crippen LogP contribution in [0.3, 0.4) is 0 Å². The highest BCUT2D eigenvalue weighted by Crippen LogP contribution is 2.09. The first kappa shape index (κ1) is 10.8. The minimum absolute atomic E-state index is 0.638. The van der Waals surface area contributed by atoms with Gasteiger partial charge >= 0.3 is 0 Å². The number of amidine groups is 1. The van der Waals surface area contributed by atoms with Crippen molar-refractivity contribution in [3.63, 3.8) is 0 Å². The fourth-order valence-electron chi connectivity index (χ4n) is 1.74. The Labute approximate surface area is 104 Å². The van der Waals surface area contributed by atoms with E-state index < -0.39 is 0 Å². The van der Waals surface area contributed by atoms with Crippen molar-refractivity contribution in [2.75, 3.05) is 6.54 Å². The van der Waals surface area contributed by atoms with Crippen molar-refractivity contribution in [2.45, 2.75) is 13.8 Å². The molecule has 0 unspecified atom stereocenters. The topological polar surface area (TPSA) is 67.8 Å². The Balaban J connectivity index is 2.01. The maximum absolute atomic E-state index is 4.43. The van der Waals surface area contributed by atoms with Gasteiger partial charge in [0.05, 0.1) is 17.9 Å². The first-order valence-corrected chi connectivity index (χ1v) is 5.68. The van der Waals surface area contributed by atoms with E-state index in [1.165, 1.54) is 0 Å². The van der Waals surface area contributed by atoms with Crippen LogP contribution in [0, 0.1) is 13.8 Å². The number of fused-ring (bicyclic) bond motifs is 1. The third-order valence-corrected chi connectivity index (χ3v) is 2.67. The lowest BCUT2D eigenvalue weighted by molar-refractivity contribution is 0.884. The molecule has 0 fully saturated rings. The van der Waals surface area contributed by atoms with Crippen LogP contribution in [0.1, 0.15) is 17.2 Å². The molecule has 3 heterocycles. The average molecular weight is 240 g/mol. The van der Waals surface area contributed by atoms with Crippen LogP contribution in [0.15, 0.2) is 22.3 Å². The van der Waals surface area contributed by atoms with E-state index in [4.69, 9.17) is 0 Å². The van der Waals surface area contributed by atoms with Crippen molar-refractivity contribution < 1.29 is 0 Å². The van der Waals surface area contributed by atoms with Crippen LogP contribution in [-0.2, 0) is 0 Å². The van der Waals surface area contributed by atoms with E-state index >= 15 is 0 Å². The molecular weight excluding hydrogens is 228 g/mol. The zero-order chi connectivity index (χ0) is 12.5. The van der Waals surface area contributed by atoms with Crippen LogP contribution in [0.4, 0.5) is 0 Å². The lowest BCUT2D eigenvalue weighted by atomic mass is 10.4. The van der Waals surface area contributed by atoms with Crippen molar-refractivity contribution >= 4 is 23.8 Å². The van der Waals surface area contributed by atoms with Gasteiger partial charge in [0.1, 0.15) is 5.84 Å². The van der Waals surface area contributed by atoms with Gasteiger partial charge in [-0.2, -0.15) is 0 Å². The fourth-order valence-corrected chi connectivity index (χ4v) is 1.74. The molecule has 0 aliphatic carbocycles. The van der Waals surface area contributed by atoms with Gasteiger partial charge in [-0.1, -0.05) is 0 Å². The van der Waals surface area contributed by atoms with Gasteiger partial charge in [-0.25, -0.2) is 14.5 Å². The van der Waals surface area contributed by atoms with Crippen LogP contribution in [0.5, 0.6) is 0 Å². The minimum Gasteiger partial charge on any atom is -0.261 e. The molecule has 6 nitrogen and oxygen atoms in total. The fraction of sp³-hybridized carbons (Fsp3) is 0.250. The van der Waals surface area contributed by atoms with E-state index in [-0.39, 0.29) is 0 Å². The molecule has 0 aromatic carbocycles. The van der Waals surface area contributed by atoms with Crippen LogP contribution in [0.25, 0.3) is 11.7 Å². The van der Waals surface area contributed by atoms with Crippen LogP contribution in [-0.4, -0.2) is 38.2 Å². The van der Waals surface area contributed by atoms with E-state index in [1.807, 2.05) is 26.0 Å². The highest BCUT2D eigenvalue weighted by atomic mass is 15.3. The normalized spacial score (nSPS) is 14.9. The summed E-state index contributed by atoms with van der Waals surface area (Å²) in [6.07, 6.45) is 7.19. The number of hydrogen-bond acceptors (Lipinski definition) is 5. The molecule has 1 aliphatic heterocycles. The Morgan fingerprint density at radius 2 is 2.17 bits per heavy atom. The molecule has 0 amide bonds. The van der Waals surface area contributed by atoms with Crippen molar-refractivity contribution in [3.05, 3.63) is 29.5 Å². The second-order valence-corrected chi connectivity index (χ2v) is 4.03. The lowest BCUT2D eigenvalue weighted by Crippen LogP contribution is -1.97. The summed E-state index contributed by atoms with van der Waals surface area (Å²) in [6, 6.07) is 0. The summed E-state index contributed by atoms with van der Waals surface area (Å²) in [4.78, 5) is 17.0. The van der Waals surface area contributed by atoms with Crippen LogP contribution < -0.4 is 0 Å². The van der Waals surface area contributed by atoms with Gasteiger partial charge < -0.3 is 0 Å². The van der Waals surface area contributed by atoms with E-state index in [9.17, 15) is 0 Å². The van der Waals surface area contributed by atoms with Crippen molar-refractivity contribution in [2.24, 2.45) is 9.98 Å². The number of aryl methyl sites for hydroxylation is 2. The smallest absolute Gasteiger partial charge is 0.177 e. The van der Waals surface area contributed by atoms with Gasteiger partial charge in [-0.05, 0) is 26.0 Å². The standard InChI is InChI=1S/C12H12N6/c1-8-7-15-9(2)12-16-11(17-18(8)12)4-3-10-13-5-6-14-10/h3-5,7H,6H2,1-2H3. The number of aliphatic imine (C=N–C) groups is 2. The van der Waals surface area contributed by atoms with Crippen molar-refractivity contribution in [1.29, 1.82) is 0 Å². The second-order valence-electron chi connectivity index (χ2n) is 4.03. The zero-order valence-electron chi connectivity index (χ0n) is 10.2. The van der Waals surface area contributed by atoms with Gasteiger partial charge in [0.15, 0.2) is 11.5 Å². The summed E-state index contributed by atoms with van der Waals surface area (Å²) in [5.41, 5.74) is 2.61. The van der Waals surface area contributed by atoms with Gasteiger partial charge in [0, 0.05) is 12.4 Å². The van der Waals surface area contributed by atoms with Crippen LogP contribution >= 0.6 is 0 Å². The summed E-state index contributed by atoms with van der Waals surface area (Å²) >= 11 is 0. The van der Waals surface area contributed by atoms with E-state index in [0.29, 0.717) is 18.2 Å². The monoisotopic (exact) mass is 240 g/mol. The third-order valence-electron chi connectivity index (χ3n) is 2.67. The summed E-state index contributed by atoms with van der Waals surface area (Å²) in [6.45, 7) is 4.52. The first-order chi connectivity index (χ1) is 8.74. The molecule has 0 bridgehead atoms. The highest BCUT2D eigenvalue weighted by molar-refractivity contribution is 6.04. The predicted octanol–water partition coefficient (Wildman–Crippen LogP) is 1.24. The van der Waals surface area contributed by atoms with Crippen molar-refractivity contribution in [1.82, 2.24) is 19.6 Å². The molecule has 0 saturated carbocycles. The quantitative estimate of drug-likeness (QED) is 0.793. The molecule has 0 spiro atoms. The molecule has 0 atom stereocenters. The first-order valence-electron chi connectivity index (χ1n) is 5.68. The summed E-state index contributed by atoms with van der Waals surface area (Å²) in [5.74, 6) is 1.35. The van der Waals surface area contributed by atoms with Gasteiger partial charge in [0.2, 0.25) is 0 Å². The Hall–Kier alpha value is -2.37. The van der Waals surface area contributed by atoms with Gasteiger partial charge in [-0.15, -0.1) is 5.10 Å². The second kappa shape index (κ2) is 4.14. The lowest BCUT2D eigenvalue weighted by Gasteiger charge is -1.97. The van der Waals surface area contributed by atoms with Crippen LogP contribution in [0.2, 0.25) is 0 Å². The largest absolute Gasteiger partial charge is 0.261 e. The Bertz CT molecular complexity index is 653. The Morgan fingerprint density at radius 1 is 1.28 bits per heavy atom.